The number of aromatic nitrogens is 3. The summed E-state index contributed by atoms with van der Waals surface area (Å²) in [5, 5.41) is 8.71. The minimum absolute atomic E-state index is 0.172. The van der Waals surface area contributed by atoms with Gasteiger partial charge in [-0.25, -0.2) is 9.97 Å². The highest BCUT2D eigenvalue weighted by molar-refractivity contribution is 6.28. The van der Waals surface area contributed by atoms with Gasteiger partial charge in [0, 0.05) is 5.56 Å². The quantitative estimate of drug-likeness (QED) is 0.794. The molecule has 4 nitrogen and oxygen atoms in total. The van der Waals surface area contributed by atoms with Crippen LogP contribution in [0.1, 0.15) is 5.56 Å². The van der Waals surface area contributed by atoms with Gasteiger partial charge in [-0.05, 0) is 17.2 Å². The van der Waals surface area contributed by atoms with Crippen LogP contribution in [-0.4, -0.2) is 15.0 Å². The summed E-state index contributed by atoms with van der Waals surface area (Å²) < 4.78 is 0. The predicted molar refractivity (Wildman–Crippen MR) is 59.6 cm³/mol. The molecule has 0 N–H and O–H groups in total. The van der Waals surface area contributed by atoms with E-state index in [0.717, 1.165) is 11.1 Å². The zero-order valence-electron chi connectivity index (χ0n) is 8.26. The minimum Gasteiger partial charge on any atom is -0.216 e. The molecule has 0 fully saturated rings. The highest BCUT2D eigenvalue weighted by Gasteiger charge is 2.02. The van der Waals surface area contributed by atoms with Crippen molar-refractivity contribution in [3.05, 3.63) is 41.4 Å². The van der Waals surface area contributed by atoms with E-state index in [4.69, 9.17) is 16.9 Å². The summed E-state index contributed by atoms with van der Waals surface area (Å²) in [5.74, 6) is 0.531. The number of nitriles is 1. The van der Waals surface area contributed by atoms with Gasteiger partial charge in [-0.15, -0.1) is 0 Å². The van der Waals surface area contributed by atoms with E-state index in [1.807, 2.05) is 24.3 Å². The highest BCUT2D eigenvalue weighted by atomic mass is 35.5. The van der Waals surface area contributed by atoms with E-state index in [1.165, 1.54) is 6.33 Å². The fraction of sp³-hybridized carbons (Fsp3) is 0.0909. The molecule has 0 saturated heterocycles. The van der Waals surface area contributed by atoms with Crippen molar-refractivity contribution in [1.29, 1.82) is 5.26 Å². The fourth-order valence-electron chi connectivity index (χ4n) is 1.28. The molecule has 0 amide bonds. The Labute approximate surface area is 97.6 Å². The molecular weight excluding hydrogens is 224 g/mol. The summed E-state index contributed by atoms with van der Waals surface area (Å²) in [7, 11) is 0. The lowest BCUT2D eigenvalue weighted by Crippen LogP contribution is -1.91. The van der Waals surface area contributed by atoms with Crippen LogP contribution in [0.4, 0.5) is 0 Å². The van der Waals surface area contributed by atoms with Crippen molar-refractivity contribution in [3.63, 3.8) is 0 Å². The molecule has 78 valence electrons. The molecule has 0 bridgehead atoms. The predicted octanol–water partition coefficient (Wildman–Crippen LogP) is 2.26. The van der Waals surface area contributed by atoms with Crippen LogP contribution in [0, 0.1) is 11.3 Å². The van der Waals surface area contributed by atoms with Crippen molar-refractivity contribution >= 4 is 11.6 Å². The summed E-state index contributed by atoms with van der Waals surface area (Å²) in [6.45, 7) is 0. The Morgan fingerprint density at radius 3 is 2.56 bits per heavy atom. The second-order valence-corrected chi connectivity index (χ2v) is 3.45. The second kappa shape index (κ2) is 4.69. The number of nitrogens with zero attached hydrogens (tertiary/aromatic N) is 4. The van der Waals surface area contributed by atoms with E-state index in [2.05, 4.69) is 21.0 Å². The van der Waals surface area contributed by atoms with Gasteiger partial charge in [-0.3, -0.25) is 0 Å². The lowest BCUT2D eigenvalue weighted by atomic mass is 10.1. The monoisotopic (exact) mass is 230 g/mol. The van der Waals surface area contributed by atoms with Crippen molar-refractivity contribution < 1.29 is 0 Å². The topological polar surface area (TPSA) is 62.5 Å². The molecule has 0 atom stereocenters. The molecule has 1 heterocycles. The zero-order chi connectivity index (χ0) is 11.4. The van der Waals surface area contributed by atoms with Crippen LogP contribution in [0.25, 0.3) is 11.4 Å². The first-order valence-electron chi connectivity index (χ1n) is 4.60. The van der Waals surface area contributed by atoms with Gasteiger partial charge in [0.1, 0.15) is 6.33 Å². The average molecular weight is 231 g/mol. The normalized spacial score (nSPS) is 9.75. The molecule has 0 aliphatic carbocycles. The Bertz CT molecular complexity index is 530. The van der Waals surface area contributed by atoms with Crippen LogP contribution < -0.4 is 0 Å². The Kier molecular flexibility index (Phi) is 3.08. The van der Waals surface area contributed by atoms with Crippen molar-refractivity contribution in [1.82, 2.24) is 15.0 Å². The smallest absolute Gasteiger partial charge is 0.216 e. The van der Waals surface area contributed by atoms with E-state index >= 15 is 0 Å². The van der Waals surface area contributed by atoms with Crippen LogP contribution in [0.5, 0.6) is 0 Å². The Morgan fingerprint density at radius 2 is 1.94 bits per heavy atom. The Balaban J connectivity index is 2.32. The first-order chi connectivity index (χ1) is 7.79. The lowest BCUT2D eigenvalue weighted by molar-refractivity contribution is 1.06. The van der Waals surface area contributed by atoms with E-state index in [-0.39, 0.29) is 5.28 Å². The number of halogens is 1. The van der Waals surface area contributed by atoms with Crippen LogP contribution in [0.15, 0.2) is 30.6 Å². The molecule has 16 heavy (non-hydrogen) atoms. The second-order valence-electron chi connectivity index (χ2n) is 3.11. The average Bonchev–Trinajstić information content (AvgIpc) is 2.30. The van der Waals surface area contributed by atoms with Crippen LogP contribution in [0.2, 0.25) is 5.28 Å². The standard InChI is InChI=1S/C11H7ClN4/c12-11-15-7-14-10(16-11)9-3-1-8(2-4-9)5-6-13/h1-4,7H,5H2. The molecule has 0 unspecified atom stereocenters. The molecule has 1 aromatic carbocycles. The number of rotatable bonds is 2. The first-order valence-corrected chi connectivity index (χ1v) is 4.98. The molecule has 5 heteroatoms. The molecule has 2 rings (SSSR count). The largest absolute Gasteiger partial charge is 0.225 e. The summed E-state index contributed by atoms with van der Waals surface area (Å²) in [6, 6.07) is 9.55. The minimum atomic E-state index is 0.172. The van der Waals surface area contributed by atoms with Crippen molar-refractivity contribution in [3.8, 4) is 17.5 Å². The van der Waals surface area contributed by atoms with Crippen LogP contribution in [0.3, 0.4) is 0 Å². The zero-order valence-corrected chi connectivity index (χ0v) is 9.02. The van der Waals surface area contributed by atoms with Gasteiger partial charge < -0.3 is 0 Å². The third kappa shape index (κ3) is 2.33. The SMILES string of the molecule is N#CCc1ccc(-c2ncnc(Cl)n2)cc1. The maximum atomic E-state index is 8.54. The fourth-order valence-corrected chi connectivity index (χ4v) is 1.40. The van der Waals surface area contributed by atoms with Crippen molar-refractivity contribution in [2.75, 3.05) is 0 Å². The van der Waals surface area contributed by atoms with Crippen LogP contribution >= 0.6 is 11.6 Å². The molecule has 0 saturated carbocycles. The molecule has 0 aliphatic rings. The number of benzene rings is 1. The summed E-state index contributed by atoms with van der Waals surface area (Å²) in [5.41, 5.74) is 1.82. The van der Waals surface area contributed by atoms with E-state index in [1.54, 1.807) is 0 Å². The summed E-state index contributed by atoms with van der Waals surface area (Å²) in [6.07, 6.45) is 1.77. The van der Waals surface area contributed by atoms with Gasteiger partial charge in [-0.2, -0.15) is 10.2 Å². The molecule has 0 spiro atoms. The van der Waals surface area contributed by atoms with Gasteiger partial charge in [-0.1, -0.05) is 24.3 Å². The van der Waals surface area contributed by atoms with Gasteiger partial charge in [0.15, 0.2) is 5.82 Å². The number of hydrogen-bond acceptors (Lipinski definition) is 4. The third-order valence-corrected chi connectivity index (χ3v) is 2.22. The van der Waals surface area contributed by atoms with Gasteiger partial charge in [0.05, 0.1) is 12.5 Å². The Hall–Kier alpha value is -1.99. The van der Waals surface area contributed by atoms with E-state index < -0.39 is 0 Å². The van der Waals surface area contributed by atoms with E-state index in [0.29, 0.717) is 12.2 Å². The van der Waals surface area contributed by atoms with E-state index in [9.17, 15) is 0 Å². The molecule has 0 aliphatic heterocycles. The molecule has 0 radical (unpaired) electrons. The van der Waals surface area contributed by atoms with Crippen molar-refractivity contribution in [2.45, 2.75) is 6.42 Å². The molecule has 1 aromatic heterocycles. The van der Waals surface area contributed by atoms with Crippen LogP contribution in [-0.2, 0) is 6.42 Å². The van der Waals surface area contributed by atoms with Gasteiger partial charge in [0.25, 0.3) is 0 Å². The number of hydrogen-bond donors (Lipinski definition) is 0. The summed E-state index contributed by atoms with van der Waals surface area (Å²) >= 11 is 5.67. The van der Waals surface area contributed by atoms with Crippen molar-refractivity contribution in [2.24, 2.45) is 0 Å². The maximum Gasteiger partial charge on any atom is 0.225 e. The Morgan fingerprint density at radius 1 is 1.19 bits per heavy atom. The summed E-state index contributed by atoms with van der Waals surface area (Å²) in [4.78, 5) is 11.7. The van der Waals surface area contributed by atoms with Gasteiger partial charge in [0.2, 0.25) is 5.28 Å². The maximum absolute atomic E-state index is 8.54. The van der Waals surface area contributed by atoms with Gasteiger partial charge >= 0.3 is 0 Å². The lowest BCUT2D eigenvalue weighted by Gasteiger charge is -2.00. The first kappa shape index (κ1) is 10.5. The molecule has 2 aromatic rings. The highest BCUT2D eigenvalue weighted by Crippen LogP contribution is 2.16. The third-order valence-electron chi connectivity index (χ3n) is 2.04. The molecular formula is C11H7ClN4.